The number of halogens is 1. The van der Waals surface area contributed by atoms with Crippen LogP contribution in [-0.4, -0.2) is 86.1 Å². The van der Waals surface area contributed by atoms with Crippen LogP contribution in [0.4, 0.5) is 5.69 Å². The lowest BCUT2D eigenvalue weighted by Crippen LogP contribution is -2.51. The van der Waals surface area contributed by atoms with Crippen LogP contribution in [0.25, 0.3) is 0 Å². The molecule has 1 fully saturated rings. The average Bonchev–Trinajstić information content (AvgIpc) is 2.59. The number of piperazine rings is 1. The smallest absolute Gasteiger partial charge is 0.238 e. The van der Waals surface area contributed by atoms with Gasteiger partial charge in [-0.15, -0.1) is 0 Å². The Kier molecular flexibility index (Phi) is 8.07. The maximum absolute atomic E-state index is 12.1. The molecule has 1 aliphatic heterocycles. The molecular weight excluding hydrogens is 346 g/mol. The summed E-state index contributed by atoms with van der Waals surface area (Å²) in [6.45, 7) is 4.66. The molecule has 9 heteroatoms. The number of hydrogen-bond donors (Lipinski definition) is 2. The molecule has 0 saturated carbocycles. The number of rotatable bonds is 8. The summed E-state index contributed by atoms with van der Waals surface area (Å²) in [5.41, 5.74) is 0.514. The Morgan fingerprint density at radius 1 is 1.20 bits per heavy atom. The molecular formula is C16H24ClN5O3. The van der Waals surface area contributed by atoms with E-state index in [1.54, 1.807) is 25.4 Å². The number of aromatic nitrogens is 1. The Labute approximate surface area is 152 Å². The normalized spacial score (nSPS) is 15.8. The number of hydrogen-bond acceptors (Lipinski definition) is 6. The lowest BCUT2D eigenvalue weighted by molar-refractivity contribution is -0.123. The van der Waals surface area contributed by atoms with E-state index in [9.17, 15) is 9.59 Å². The van der Waals surface area contributed by atoms with Crippen molar-refractivity contribution in [1.82, 2.24) is 20.1 Å². The van der Waals surface area contributed by atoms with Crippen LogP contribution >= 0.6 is 11.6 Å². The van der Waals surface area contributed by atoms with Crippen LogP contribution in [0.2, 0.25) is 5.15 Å². The lowest BCUT2D eigenvalue weighted by atomic mass is 10.3. The number of pyridine rings is 1. The zero-order chi connectivity index (χ0) is 18.1. The molecule has 138 valence electrons. The number of nitrogens with one attached hydrogen (secondary N) is 2. The van der Waals surface area contributed by atoms with E-state index in [4.69, 9.17) is 16.3 Å². The van der Waals surface area contributed by atoms with E-state index in [0.717, 1.165) is 26.2 Å². The fraction of sp³-hybridized carbons (Fsp3) is 0.562. The number of amides is 2. The fourth-order valence-corrected chi connectivity index (χ4v) is 2.70. The van der Waals surface area contributed by atoms with Crippen molar-refractivity contribution in [3.05, 3.63) is 23.5 Å². The Balaban J connectivity index is 1.67. The quantitative estimate of drug-likeness (QED) is 0.497. The third kappa shape index (κ3) is 6.95. The predicted molar refractivity (Wildman–Crippen MR) is 95.6 cm³/mol. The lowest BCUT2D eigenvalue weighted by Gasteiger charge is -2.33. The molecule has 2 rings (SSSR count). The van der Waals surface area contributed by atoms with Crippen LogP contribution in [0.15, 0.2) is 18.3 Å². The highest BCUT2D eigenvalue weighted by atomic mass is 35.5. The molecule has 0 radical (unpaired) electrons. The zero-order valence-electron chi connectivity index (χ0n) is 14.3. The molecule has 0 aliphatic carbocycles. The molecule has 0 bridgehead atoms. The second kappa shape index (κ2) is 10.3. The summed E-state index contributed by atoms with van der Waals surface area (Å²) in [4.78, 5) is 31.9. The molecule has 0 aromatic carbocycles. The molecule has 8 nitrogen and oxygen atoms in total. The average molecular weight is 370 g/mol. The van der Waals surface area contributed by atoms with Gasteiger partial charge in [0.15, 0.2) is 5.15 Å². The number of carbonyl (C=O) groups excluding carboxylic acids is 2. The van der Waals surface area contributed by atoms with Gasteiger partial charge < -0.3 is 15.4 Å². The van der Waals surface area contributed by atoms with Gasteiger partial charge in [-0.1, -0.05) is 11.6 Å². The standard InChI is InChI=1S/C16H24ClN5O3/c1-25-10-5-18-14(23)11-21-6-8-22(9-7-21)12-15(24)20-13-3-2-4-19-16(13)17/h2-4H,5-12H2,1H3,(H,18,23)(H,20,24). The summed E-state index contributed by atoms with van der Waals surface area (Å²) in [6, 6.07) is 3.44. The van der Waals surface area contributed by atoms with Crippen molar-refractivity contribution in [3.63, 3.8) is 0 Å². The van der Waals surface area contributed by atoms with Crippen LogP contribution in [-0.2, 0) is 14.3 Å². The van der Waals surface area contributed by atoms with Gasteiger partial charge >= 0.3 is 0 Å². The first-order valence-electron chi connectivity index (χ1n) is 8.19. The highest BCUT2D eigenvalue weighted by molar-refractivity contribution is 6.32. The van der Waals surface area contributed by atoms with Gasteiger partial charge in [-0.05, 0) is 12.1 Å². The van der Waals surface area contributed by atoms with Crippen molar-refractivity contribution < 1.29 is 14.3 Å². The van der Waals surface area contributed by atoms with Crippen molar-refractivity contribution in [1.29, 1.82) is 0 Å². The topological polar surface area (TPSA) is 86.8 Å². The molecule has 25 heavy (non-hydrogen) atoms. The second-order valence-electron chi connectivity index (χ2n) is 5.78. The minimum atomic E-state index is -0.124. The number of nitrogens with zero attached hydrogens (tertiary/aromatic N) is 3. The van der Waals surface area contributed by atoms with Gasteiger partial charge in [0.25, 0.3) is 0 Å². The maximum Gasteiger partial charge on any atom is 0.238 e. The minimum Gasteiger partial charge on any atom is -0.383 e. The van der Waals surface area contributed by atoms with Gasteiger partial charge in [0.1, 0.15) is 0 Å². The number of methoxy groups -OCH3 is 1. The van der Waals surface area contributed by atoms with Gasteiger partial charge in [0.2, 0.25) is 11.8 Å². The summed E-state index contributed by atoms with van der Waals surface area (Å²) in [5, 5.41) is 5.85. The van der Waals surface area contributed by atoms with E-state index in [1.807, 2.05) is 0 Å². The number of ether oxygens (including phenoxy) is 1. The number of carbonyl (C=O) groups is 2. The molecule has 1 aromatic heterocycles. The Morgan fingerprint density at radius 2 is 1.84 bits per heavy atom. The van der Waals surface area contributed by atoms with E-state index in [2.05, 4.69) is 25.4 Å². The summed E-state index contributed by atoms with van der Waals surface area (Å²) < 4.78 is 4.90. The van der Waals surface area contributed by atoms with Gasteiger partial charge in [-0.2, -0.15) is 0 Å². The number of anilines is 1. The Morgan fingerprint density at radius 3 is 2.44 bits per heavy atom. The van der Waals surface area contributed by atoms with E-state index in [-0.39, 0.29) is 17.0 Å². The SMILES string of the molecule is COCCNC(=O)CN1CCN(CC(=O)Nc2cccnc2Cl)CC1. The monoisotopic (exact) mass is 369 g/mol. The van der Waals surface area contributed by atoms with Gasteiger partial charge in [0, 0.05) is 46.0 Å². The van der Waals surface area contributed by atoms with E-state index < -0.39 is 0 Å². The van der Waals surface area contributed by atoms with Crippen LogP contribution in [0.3, 0.4) is 0 Å². The maximum atomic E-state index is 12.1. The van der Waals surface area contributed by atoms with Crippen LogP contribution in [0.1, 0.15) is 0 Å². The Hall–Kier alpha value is -1.74. The van der Waals surface area contributed by atoms with Crippen LogP contribution in [0, 0.1) is 0 Å². The van der Waals surface area contributed by atoms with Crippen molar-refractivity contribution in [2.75, 3.05) is 64.8 Å². The van der Waals surface area contributed by atoms with Crippen molar-refractivity contribution in [3.8, 4) is 0 Å². The summed E-state index contributed by atoms with van der Waals surface area (Å²) in [6.07, 6.45) is 1.57. The molecule has 0 spiro atoms. The first-order chi connectivity index (χ1) is 12.1. The molecule has 2 amide bonds. The molecule has 1 saturated heterocycles. The molecule has 0 atom stereocenters. The van der Waals surface area contributed by atoms with Crippen molar-refractivity contribution in [2.45, 2.75) is 0 Å². The third-order valence-electron chi connectivity index (χ3n) is 3.86. The Bertz CT molecular complexity index is 579. The highest BCUT2D eigenvalue weighted by Gasteiger charge is 2.20. The van der Waals surface area contributed by atoms with Gasteiger partial charge in [-0.25, -0.2) is 4.98 Å². The van der Waals surface area contributed by atoms with Gasteiger partial charge in [0.05, 0.1) is 25.4 Å². The highest BCUT2D eigenvalue weighted by Crippen LogP contribution is 2.17. The molecule has 2 heterocycles. The van der Waals surface area contributed by atoms with E-state index in [1.165, 1.54) is 0 Å². The molecule has 1 aromatic rings. The van der Waals surface area contributed by atoms with E-state index >= 15 is 0 Å². The fourth-order valence-electron chi connectivity index (χ4n) is 2.53. The van der Waals surface area contributed by atoms with Crippen molar-refractivity contribution in [2.24, 2.45) is 0 Å². The first-order valence-corrected chi connectivity index (χ1v) is 8.57. The largest absolute Gasteiger partial charge is 0.383 e. The third-order valence-corrected chi connectivity index (χ3v) is 4.16. The van der Waals surface area contributed by atoms with Crippen LogP contribution in [0.5, 0.6) is 0 Å². The molecule has 2 N–H and O–H groups in total. The van der Waals surface area contributed by atoms with Gasteiger partial charge in [-0.3, -0.25) is 19.4 Å². The van der Waals surface area contributed by atoms with Crippen molar-refractivity contribution >= 4 is 29.1 Å². The summed E-state index contributed by atoms with van der Waals surface area (Å²) >= 11 is 5.93. The second-order valence-corrected chi connectivity index (χ2v) is 6.14. The van der Waals surface area contributed by atoms with Crippen LogP contribution < -0.4 is 10.6 Å². The predicted octanol–water partition coefficient (Wildman–Crippen LogP) is 0.0537. The molecule has 1 aliphatic rings. The summed E-state index contributed by atoms with van der Waals surface area (Å²) in [7, 11) is 1.60. The minimum absolute atomic E-state index is 0.00513. The van der Waals surface area contributed by atoms with E-state index in [0.29, 0.717) is 31.9 Å². The summed E-state index contributed by atoms with van der Waals surface area (Å²) in [5.74, 6) is -0.130. The molecule has 0 unspecified atom stereocenters. The zero-order valence-corrected chi connectivity index (χ0v) is 15.1. The first kappa shape index (κ1) is 19.6.